The van der Waals surface area contributed by atoms with E-state index < -0.39 is 5.82 Å². The topological polar surface area (TPSA) is 64.3 Å². The Labute approximate surface area is 123 Å². The highest BCUT2D eigenvalue weighted by atomic mass is 79.9. The lowest BCUT2D eigenvalue weighted by atomic mass is 10.2. The number of methoxy groups -OCH3 is 1. The first-order valence-corrected chi connectivity index (χ1v) is 6.50. The smallest absolute Gasteiger partial charge is 0.256 e. The van der Waals surface area contributed by atoms with E-state index in [1.165, 1.54) is 19.2 Å². The number of nitrogen functional groups attached to an aromatic ring is 1. The van der Waals surface area contributed by atoms with E-state index in [9.17, 15) is 9.18 Å². The Morgan fingerprint density at radius 3 is 2.70 bits per heavy atom. The van der Waals surface area contributed by atoms with E-state index in [1.807, 2.05) is 0 Å². The molecule has 2 aromatic carbocycles. The Morgan fingerprint density at radius 2 is 2.05 bits per heavy atom. The average molecular weight is 339 g/mol. The number of amides is 1. The Kier molecular flexibility index (Phi) is 4.24. The minimum absolute atomic E-state index is 0.119. The van der Waals surface area contributed by atoms with E-state index >= 15 is 0 Å². The number of hydrogen-bond donors (Lipinski definition) is 2. The second kappa shape index (κ2) is 5.92. The van der Waals surface area contributed by atoms with Gasteiger partial charge in [0.25, 0.3) is 5.91 Å². The van der Waals surface area contributed by atoms with Crippen LogP contribution in [-0.2, 0) is 0 Å². The van der Waals surface area contributed by atoms with Crippen molar-refractivity contribution in [3.05, 3.63) is 52.3 Å². The highest BCUT2D eigenvalue weighted by Crippen LogP contribution is 2.23. The van der Waals surface area contributed by atoms with Crippen LogP contribution in [0.25, 0.3) is 0 Å². The summed E-state index contributed by atoms with van der Waals surface area (Å²) in [7, 11) is 1.38. The molecular formula is C14H12BrFN2O2. The number of halogens is 2. The van der Waals surface area contributed by atoms with Gasteiger partial charge in [-0.1, -0.05) is 0 Å². The standard InChI is InChI=1S/C14H12BrFN2O2/c1-20-13-5-3-9(7-12(13)16)18-14(19)10-6-8(17)2-4-11(10)15/h2-7H,17H2,1H3,(H,18,19). The van der Waals surface area contributed by atoms with E-state index in [1.54, 1.807) is 24.3 Å². The van der Waals surface area contributed by atoms with Crippen LogP contribution in [0.4, 0.5) is 15.8 Å². The molecule has 0 saturated heterocycles. The van der Waals surface area contributed by atoms with Gasteiger partial charge in [-0.2, -0.15) is 0 Å². The average Bonchev–Trinajstić information content (AvgIpc) is 2.41. The van der Waals surface area contributed by atoms with Gasteiger partial charge in [-0.3, -0.25) is 4.79 Å². The van der Waals surface area contributed by atoms with Crippen LogP contribution in [-0.4, -0.2) is 13.0 Å². The molecule has 0 aliphatic carbocycles. The van der Waals surface area contributed by atoms with E-state index in [0.717, 1.165) is 0 Å². The van der Waals surface area contributed by atoms with Crippen LogP contribution in [0.3, 0.4) is 0 Å². The Hall–Kier alpha value is -2.08. The third kappa shape index (κ3) is 3.08. The third-order valence-corrected chi connectivity index (χ3v) is 3.34. The van der Waals surface area contributed by atoms with Gasteiger partial charge in [-0.05, 0) is 46.3 Å². The summed E-state index contributed by atoms with van der Waals surface area (Å²) >= 11 is 3.27. The second-order valence-electron chi connectivity index (χ2n) is 4.04. The molecule has 6 heteroatoms. The van der Waals surface area contributed by atoms with E-state index in [-0.39, 0.29) is 11.7 Å². The number of carbonyl (C=O) groups is 1. The molecule has 2 aromatic rings. The number of anilines is 2. The van der Waals surface area contributed by atoms with Crippen molar-refractivity contribution in [3.63, 3.8) is 0 Å². The fourth-order valence-electron chi connectivity index (χ4n) is 1.66. The number of nitrogens with one attached hydrogen (secondary N) is 1. The quantitative estimate of drug-likeness (QED) is 0.842. The van der Waals surface area contributed by atoms with Crippen LogP contribution in [0.15, 0.2) is 40.9 Å². The van der Waals surface area contributed by atoms with Gasteiger partial charge in [-0.15, -0.1) is 0 Å². The second-order valence-corrected chi connectivity index (χ2v) is 4.90. The first-order valence-electron chi connectivity index (χ1n) is 5.71. The van der Waals surface area contributed by atoms with Crippen molar-refractivity contribution in [2.45, 2.75) is 0 Å². The van der Waals surface area contributed by atoms with Crippen molar-refractivity contribution in [2.75, 3.05) is 18.2 Å². The lowest BCUT2D eigenvalue weighted by Gasteiger charge is -2.09. The molecule has 0 spiro atoms. The molecule has 104 valence electrons. The largest absolute Gasteiger partial charge is 0.494 e. The Bertz CT molecular complexity index is 662. The SMILES string of the molecule is COc1ccc(NC(=O)c2cc(N)ccc2Br)cc1F. The molecule has 0 saturated carbocycles. The molecule has 4 nitrogen and oxygen atoms in total. The molecule has 2 rings (SSSR count). The molecule has 0 aliphatic heterocycles. The maximum Gasteiger partial charge on any atom is 0.256 e. The van der Waals surface area contributed by atoms with Crippen molar-refractivity contribution in [1.82, 2.24) is 0 Å². The molecule has 0 bridgehead atoms. The number of hydrogen-bond acceptors (Lipinski definition) is 3. The normalized spacial score (nSPS) is 10.2. The summed E-state index contributed by atoms with van der Waals surface area (Å²) in [6, 6.07) is 9.09. The summed E-state index contributed by atoms with van der Waals surface area (Å²) in [5.41, 5.74) is 6.83. The summed E-state index contributed by atoms with van der Waals surface area (Å²) in [6.45, 7) is 0. The minimum atomic E-state index is -0.544. The Morgan fingerprint density at radius 1 is 1.30 bits per heavy atom. The van der Waals surface area contributed by atoms with Gasteiger partial charge < -0.3 is 15.8 Å². The van der Waals surface area contributed by atoms with Crippen molar-refractivity contribution < 1.29 is 13.9 Å². The molecule has 0 radical (unpaired) electrons. The molecular weight excluding hydrogens is 327 g/mol. The number of ether oxygens (including phenoxy) is 1. The van der Waals surface area contributed by atoms with Gasteiger partial charge in [0.15, 0.2) is 11.6 Å². The van der Waals surface area contributed by atoms with Crippen LogP contribution in [0.2, 0.25) is 0 Å². The number of benzene rings is 2. The van der Waals surface area contributed by atoms with Gasteiger partial charge in [0.2, 0.25) is 0 Å². The fourth-order valence-corrected chi connectivity index (χ4v) is 2.09. The summed E-state index contributed by atoms with van der Waals surface area (Å²) < 4.78 is 19.0. The number of carbonyl (C=O) groups excluding carboxylic acids is 1. The molecule has 0 unspecified atom stereocenters. The fraction of sp³-hybridized carbons (Fsp3) is 0.0714. The summed E-state index contributed by atoms with van der Waals surface area (Å²) in [6.07, 6.45) is 0. The van der Waals surface area contributed by atoms with Crippen molar-refractivity contribution in [1.29, 1.82) is 0 Å². The zero-order valence-corrected chi connectivity index (χ0v) is 12.2. The third-order valence-electron chi connectivity index (χ3n) is 2.64. The molecule has 0 aromatic heterocycles. The maximum atomic E-state index is 13.5. The molecule has 0 fully saturated rings. The van der Waals surface area contributed by atoms with Crippen LogP contribution < -0.4 is 15.8 Å². The minimum Gasteiger partial charge on any atom is -0.494 e. The first-order chi connectivity index (χ1) is 9.51. The molecule has 3 N–H and O–H groups in total. The predicted octanol–water partition coefficient (Wildman–Crippen LogP) is 3.43. The predicted molar refractivity (Wildman–Crippen MR) is 79.5 cm³/mol. The molecule has 20 heavy (non-hydrogen) atoms. The monoisotopic (exact) mass is 338 g/mol. The molecule has 0 heterocycles. The lowest BCUT2D eigenvalue weighted by molar-refractivity contribution is 0.102. The van der Waals surface area contributed by atoms with Crippen LogP contribution in [0.5, 0.6) is 5.75 Å². The van der Waals surface area contributed by atoms with Crippen LogP contribution in [0, 0.1) is 5.82 Å². The van der Waals surface area contributed by atoms with Gasteiger partial charge in [0, 0.05) is 21.9 Å². The summed E-state index contributed by atoms with van der Waals surface area (Å²) in [4.78, 5) is 12.1. The Balaban J connectivity index is 2.23. The highest BCUT2D eigenvalue weighted by Gasteiger charge is 2.12. The first kappa shape index (κ1) is 14.3. The zero-order chi connectivity index (χ0) is 14.7. The van der Waals surface area contributed by atoms with E-state index in [2.05, 4.69) is 21.2 Å². The van der Waals surface area contributed by atoms with Crippen molar-refractivity contribution in [2.24, 2.45) is 0 Å². The maximum absolute atomic E-state index is 13.5. The molecule has 0 aliphatic rings. The highest BCUT2D eigenvalue weighted by molar-refractivity contribution is 9.10. The molecule has 1 amide bonds. The van der Waals surface area contributed by atoms with Crippen molar-refractivity contribution in [3.8, 4) is 5.75 Å². The van der Waals surface area contributed by atoms with Gasteiger partial charge >= 0.3 is 0 Å². The zero-order valence-electron chi connectivity index (χ0n) is 10.6. The van der Waals surface area contributed by atoms with Crippen molar-refractivity contribution >= 4 is 33.2 Å². The van der Waals surface area contributed by atoms with E-state index in [4.69, 9.17) is 10.5 Å². The van der Waals surface area contributed by atoms with Gasteiger partial charge in [0.05, 0.1) is 12.7 Å². The lowest BCUT2D eigenvalue weighted by Crippen LogP contribution is -2.13. The number of nitrogens with two attached hydrogens (primary N) is 1. The van der Waals surface area contributed by atoms with Gasteiger partial charge in [-0.25, -0.2) is 4.39 Å². The van der Waals surface area contributed by atoms with E-state index in [0.29, 0.717) is 21.4 Å². The summed E-state index contributed by atoms with van der Waals surface area (Å²) in [5, 5.41) is 2.60. The molecule has 0 atom stereocenters. The summed E-state index contributed by atoms with van der Waals surface area (Å²) in [5.74, 6) is -0.807. The van der Waals surface area contributed by atoms with Gasteiger partial charge in [0.1, 0.15) is 0 Å². The number of rotatable bonds is 3. The van der Waals surface area contributed by atoms with Crippen LogP contribution >= 0.6 is 15.9 Å². The van der Waals surface area contributed by atoms with Crippen LogP contribution in [0.1, 0.15) is 10.4 Å².